The highest BCUT2D eigenvalue weighted by atomic mass is 16.5. The summed E-state index contributed by atoms with van der Waals surface area (Å²) in [6.45, 7) is 3.03. The van der Waals surface area contributed by atoms with Crippen LogP contribution in [0.25, 0.3) is 0 Å². The van der Waals surface area contributed by atoms with E-state index in [1.807, 2.05) is 48.5 Å². The van der Waals surface area contributed by atoms with Crippen LogP contribution in [-0.2, 0) is 9.53 Å². The van der Waals surface area contributed by atoms with Crippen LogP contribution in [0.3, 0.4) is 0 Å². The molecule has 2 aromatic carbocycles. The van der Waals surface area contributed by atoms with E-state index in [1.54, 1.807) is 0 Å². The third-order valence-corrected chi connectivity index (χ3v) is 4.00. The highest BCUT2D eigenvalue weighted by Gasteiger charge is 2.31. The Hall–Kier alpha value is -2.13. The Morgan fingerprint density at radius 3 is 2.09 bits per heavy atom. The van der Waals surface area contributed by atoms with Crippen molar-refractivity contribution in [2.75, 3.05) is 13.7 Å². The monoisotopic (exact) mass is 311 g/mol. The van der Waals surface area contributed by atoms with Gasteiger partial charge >= 0.3 is 5.97 Å². The predicted octanol–water partition coefficient (Wildman–Crippen LogP) is 4.07. The molecule has 2 aromatic rings. The van der Waals surface area contributed by atoms with E-state index in [1.165, 1.54) is 7.11 Å². The van der Waals surface area contributed by atoms with Crippen molar-refractivity contribution in [1.82, 2.24) is 5.32 Å². The summed E-state index contributed by atoms with van der Waals surface area (Å²) < 4.78 is 5.10. The zero-order valence-corrected chi connectivity index (χ0v) is 13.9. The zero-order chi connectivity index (χ0) is 16.5. The number of hydrogen-bond donors (Lipinski definition) is 1. The van der Waals surface area contributed by atoms with Gasteiger partial charge in [0.25, 0.3) is 0 Å². The third-order valence-electron chi connectivity index (χ3n) is 4.00. The maximum Gasteiger partial charge on any atom is 0.315 e. The van der Waals surface area contributed by atoms with Crippen molar-refractivity contribution < 1.29 is 9.53 Å². The fourth-order valence-corrected chi connectivity index (χ4v) is 2.77. The SMILES string of the molecule is CCCCN[C@H](c1ccccc1)[C@@H](C(=O)OC)c1ccccc1. The first-order chi connectivity index (χ1) is 11.3. The van der Waals surface area contributed by atoms with E-state index in [0.717, 1.165) is 30.5 Å². The van der Waals surface area contributed by atoms with Crippen LogP contribution in [0.2, 0.25) is 0 Å². The van der Waals surface area contributed by atoms with Gasteiger partial charge < -0.3 is 10.1 Å². The molecule has 0 radical (unpaired) electrons. The van der Waals surface area contributed by atoms with E-state index in [2.05, 4.69) is 24.4 Å². The number of ether oxygens (including phenoxy) is 1. The summed E-state index contributed by atoms with van der Waals surface area (Å²) in [6.07, 6.45) is 2.19. The lowest BCUT2D eigenvalue weighted by Crippen LogP contribution is -2.33. The Kier molecular flexibility index (Phi) is 6.82. The van der Waals surface area contributed by atoms with Crippen molar-refractivity contribution in [3.05, 3.63) is 71.8 Å². The Morgan fingerprint density at radius 1 is 1.00 bits per heavy atom. The van der Waals surface area contributed by atoms with Crippen molar-refractivity contribution in [2.45, 2.75) is 31.7 Å². The number of rotatable bonds is 8. The topological polar surface area (TPSA) is 38.3 Å². The molecule has 1 N–H and O–H groups in total. The summed E-state index contributed by atoms with van der Waals surface area (Å²) in [5.41, 5.74) is 2.07. The number of methoxy groups -OCH3 is 1. The van der Waals surface area contributed by atoms with Crippen molar-refractivity contribution >= 4 is 5.97 Å². The van der Waals surface area contributed by atoms with E-state index < -0.39 is 0 Å². The minimum atomic E-state index is -0.361. The standard InChI is InChI=1S/C20H25NO2/c1-3-4-15-21-19(17-13-9-6-10-14-17)18(20(22)23-2)16-11-7-5-8-12-16/h5-14,18-19,21H,3-4,15H2,1-2H3/t18-,19+/m0/s1. The molecule has 0 aliphatic heterocycles. The van der Waals surface area contributed by atoms with Gasteiger partial charge in [0.2, 0.25) is 0 Å². The molecule has 0 aromatic heterocycles. The molecule has 0 unspecified atom stereocenters. The molecule has 0 saturated heterocycles. The van der Waals surface area contributed by atoms with Crippen molar-refractivity contribution in [3.63, 3.8) is 0 Å². The maximum atomic E-state index is 12.5. The number of esters is 1. The number of carbonyl (C=O) groups excluding carboxylic acids is 1. The normalized spacial score (nSPS) is 13.3. The van der Waals surface area contributed by atoms with E-state index in [0.29, 0.717) is 0 Å². The quantitative estimate of drug-likeness (QED) is 0.590. The van der Waals surface area contributed by atoms with Crippen molar-refractivity contribution in [1.29, 1.82) is 0 Å². The van der Waals surface area contributed by atoms with Crippen LogP contribution < -0.4 is 5.32 Å². The second kappa shape index (κ2) is 9.11. The number of benzene rings is 2. The zero-order valence-electron chi connectivity index (χ0n) is 13.9. The summed E-state index contributed by atoms with van der Waals surface area (Å²) in [7, 11) is 1.45. The average Bonchev–Trinajstić information content (AvgIpc) is 2.62. The van der Waals surface area contributed by atoms with Gasteiger partial charge in [0, 0.05) is 6.04 Å². The average molecular weight is 311 g/mol. The van der Waals surface area contributed by atoms with Crippen LogP contribution >= 0.6 is 0 Å². The number of nitrogens with one attached hydrogen (secondary N) is 1. The summed E-state index contributed by atoms with van der Waals surface area (Å²) in [6, 6.07) is 19.9. The smallest absolute Gasteiger partial charge is 0.315 e. The molecule has 0 fully saturated rings. The second-order valence-corrected chi connectivity index (χ2v) is 5.61. The Balaban J connectivity index is 2.37. The molecule has 0 amide bonds. The van der Waals surface area contributed by atoms with E-state index in [9.17, 15) is 4.79 Å². The molecular weight excluding hydrogens is 286 g/mol. The minimum absolute atomic E-state index is 0.0994. The molecule has 0 heterocycles. The van der Waals surface area contributed by atoms with Gasteiger partial charge in [-0.3, -0.25) is 4.79 Å². The van der Waals surface area contributed by atoms with Crippen LogP contribution in [-0.4, -0.2) is 19.6 Å². The summed E-state index contributed by atoms with van der Waals surface area (Å²) in [5, 5.41) is 3.55. The summed E-state index contributed by atoms with van der Waals surface area (Å²) >= 11 is 0. The Bertz CT molecular complexity index is 583. The first-order valence-corrected chi connectivity index (χ1v) is 8.19. The van der Waals surface area contributed by atoms with E-state index >= 15 is 0 Å². The molecule has 2 atom stereocenters. The summed E-state index contributed by atoms with van der Waals surface area (Å²) in [5.74, 6) is -0.575. The van der Waals surface area contributed by atoms with E-state index in [-0.39, 0.29) is 17.9 Å². The number of hydrogen-bond acceptors (Lipinski definition) is 3. The van der Waals surface area contributed by atoms with Crippen LogP contribution in [0, 0.1) is 0 Å². The molecule has 122 valence electrons. The molecule has 0 aliphatic carbocycles. The predicted molar refractivity (Wildman–Crippen MR) is 93.3 cm³/mol. The van der Waals surface area contributed by atoms with Crippen LogP contribution in [0.5, 0.6) is 0 Å². The fourth-order valence-electron chi connectivity index (χ4n) is 2.77. The largest absolute Gasteiger partial charge is 0.468 e. The minimum Gasteiger partial charge on any atom is -0.468 e. The van der Waals surface area contributed by atoms with Gasteiger partial charge in [-0.1, -0.05) is 74.0 Å². The lowest BCUT2D eigenvalue weighted by Gasteiger charge is -2.27. The van der Waals surface area contributed by atoms with E-state index in [4.69, 9.17) is 4.74 Å². The molecule has 0 saturated carbocycles. The van der Waals surface area contributed by atoms with Gasteiger partial charge in [0.15, 0.2) is 0 Å². The second-order valence-electron chi connectivity index (χ2n) is 5.61. The molecule has 3 nitrogen and oxygen atoms in total. The van der Waals surface area contributed by atoms with Crippen LogP contribution in [0.15, 0.2) is 60.7 Å². The first kappa shape index (κ1) is 17.2. The van der Waals surface area contributed by atoms with Gasteiger partial charge in [-0.25, -0.2) is 0 Å². The lowest BCUT2D eigenvalue weighted by atomic mass is 9.87. The Labute approximate surface area is 138 Å². The fraction of sp³-hybridized carbons (Fsp3) is 0.350. The maximum absolute atomic E-state index is 12.5. The van der Waals surface area contributed by atoms with Gasteiger partial charge in [-0.15, -0.1) is 0 Å². The van der Waals surface area contributed by atoms with Gasteiger partial charge in [-0.2, -0.15) is 0 Å². The Morgan fingerprint density at radius 2 is 1.57 bits per heavy atom. The third kappa shape index (κ3) is 4.67. The molecule has 2 rings (SSSR count). The van der Waals surface area contributed by atoms with Crippen molar-refractivity contribution in [3.8, 4) is 0 Å². The van der Waals surface area contributed by atoms with Crippen LogP contribution in [0.4, 0.5) is 0 Å². The van der Waals surface area contributed by atoms with Crippen LogP contribution in [0.1, 0.15) is 42.9 Å². The molecule has 0 aliphatic rings. The van der Waals surface area contributed by atoms with Crippen molar-refractivity contribution in [2.24, 2.45) is 0 Å². The summed E-state index contributed by atoms with van der Waals surface area (Å²) in [4.78, 5) is 12.5. The first-order valence-electron chi connectivity index (χ1n) is 8.19. The molecule has 0 spiro atoms. The van der Waals surface area contributed by atoms with Gasteiger partial charge in [-0.05, 0) is 24.1 Å². The highest BCUT2D eigenvalue weighted by Crippen LogP contribution is 2.32. The molecule has 0 bridgehead atoms. The highest BCUT2D eigenvalue weighted by molar-refractivity contribution is 5.79. The molecule has 3 heteroatoms. The van der Waals surface area contributed by atoms with Gasteiger partial charge in [0.05, 0.1) is 7.11 Å². The number of unbranched alkanes of at least 4 members (excludes halogenated alkanes) is 1. The number of carbonyl (C=O) groups is 1. The molecular formula is C20H25NO2. The molecule has 23 heavy (non-hydrogen) atoms. The lowest BCUT2D eigenvalue weighted by molar-refractivity contribution is -0.143. The van der Waals surface area contributed by atoms with Gasteiger partial charge in [0.1, 0.15) is 5.92 Å².